The molecule has 11 heteroatoms. The van der Waals surface area contributed by atoms with Gasteiger partial charge in [-0.15, -0.1) is 0 Å². The molecule has 1 rings (SSSR count). The van der Waals surface area contributed by atoms with Crippen LogP contribution in [-0.2, 0) is 9.05 Å². The molecule has 0 atom stereocenters. The summed E-state index contributed by atoms with van der Waals surface area (Å²) in [6, 6.07) is 0.752. The molecule has 0 saturated carbocycles. The Hall–Kier alpha value is -0.620. The van der Waals surface area contributed by atoms with E-state index in [0.29, 0.717) is 0 Å². The Morgan fingerprint density at radius 1 is 1.53 bits per heavy atom. The predicted octanol–water partition coefficient (Wildman–Crippen LogP) is 2.46. The van der Waals surface area contributed by atoms with Crippen molar-refractivity contribution in [1.82, 2.24) is 4.98 Å². The van der Waals surface area contributed by atoms with Crippen LogP contribution in [0.4, 0.5) is 14.5 Å². The van der Waals surface area contributed by atoms with Crippen molar-refractivity contribution in [3.05, 3.63) is 25.6 Å². The second-order valence-electron chi connectivity index (χ2n) is 2.67. The first-order valence-electron chi connectivity index (χ1n) is 3.72. The standard InChI is InChI=1S/C6H2ClF2IN2O4S/c7-17(15,16)5-2(12(13)14)1-3(10)11-4(5)6(8)9/h1,6H. The lowest BCUT2D eigenvalue weighted by Crippen LogP contribution is -2.07. The second kappa shape index (κ2) is 4.94. The highest BCUT2D eigenvalue weighted by atomic mass is 127. The summed E-state index contributed by atoms with van der Waals surface area (Å²) >= 11 is 1.46. The maximum Gasteiger partial charge on any atom is 0.294 e. The van der Waals surface area contributed by atoms with Gasteiger partial charge >= 0.3 is 0 Å². The maximum absolute atomic E-state index is 12.6. The van der Waals surface area contributed by atoms with E-state index in [-0.39, 0.29) is 3.70 Å². The molecule has 0 unspecified atom stereocenters. The van der Waals surface area contributed by atoms with Crippen LogP contribution in [0, 0.1) is 13.8 Å². The van der Waals surface area contributed by atoms with E-state index in [1.807, 2.05) is 0 Å². The Bertz CT molecular complexity index is 580. The summed E-state index contributed by atoms with van der Waals surface area (Å²) in [5.74, 6) is 0. The number of pyridine rings is 1. The third kappa shape index (κ3) is 3.19. The highest BCUT2D eigenvalue weighted by Gasteiger charge is 2.33. The van der Waals surface area contributed by atoms with E-state index in [4.69, 9.17) is 10.7 Å². The maximum atomic E-state index is 12.6. The number of hydrogen-bond donors (Lipinski definition) is 0. The van der Waals surface area contributed by atoms with Crippen LogP contribution in [-0.4, -0.2) is 18.3 Å². The van der Waals surface area contributed by atoms with E-state index in [1.54, 1.807) is 0 Å². The number of aromatic nitrogens is 1. The van der Waals surface area contributed by atoms with Crippen LogP contribution < -0.4 is 0 Å². The molecule has 6 nitrogen and oxygen atoms in total. The molecule has 0 aliphatic rings. The minimum absolute atomic E-state index is 0.131. The highest BCUT2D eigenvalue weighted by molar-refractivity contribution is 14.1. The topological polar surface area (TPSA) is 90.2 Å². The summed E-state index contributed by atoms with van der Waals surface area (Å²) in [6.45, 7) is 0. The molecule has 0 bridgehead atoms. The molecule has 0 aliphatic heterocycles. The van der Waals surface area contributed by atoms with Gasteiger partial charge in [0.25, 0.3) is 21.2 Å². The van der Waals surface area contributed by atoms with Crippen molar-refractivity contribution in [1.29, 1.82) is 0 Å². The average Bonchev–Trinajstić information content (AvgIpc) is 2.14. The molecule has 0 saturated heterocycles. The van der Waals surface area contributed by atoms with E-state index < -0.39 is 36.7 Å². The fourth-order valence-corrected chi connectivity index (χ4v) is 2.84. The zero-order valence-corrected chi connectivity index (χ0v) is 11.3. The molecular weight excluding hydrogens is 396 g/mol. The summed E-state index contributed by atoms with van der Waals surface area (Å²) in [4.78, 5) is 11.5. The van der Waals surface area contributed by atoms with Gasteiger partial charge in [-0.2, -0.15) is 0 Å². The zero-order valence-electron chi connectivity index (χ0n) is 7.60. The number of halogens is 4. The van der Waals surface area contributed by atoms with Crippen molar-refractivity contribution in [2.75, 3.05) is 0 Å². The van der Waals surface area contributed by atoms with Gasteiger partial charge in [-0.3, -0.25) is 10.1 Å². The fraction of sp³-hybridized carbons (Fsp3) is 0.167. The predicted molar refractivity (Wildman–Crippen MR) is 61.6 cm³/mol. The SMILES string of the molecule is O=[N+]([O-])c1cc(I)nc(C(F)F)c1S(=O)(=O)Cl. The Labute approximate surface area is 112 Å². The van der Waals surface area contributed by atoms with Crippen molar-refractivity contribution in [2.45, 2.75) is 11.3 Å². The lowest BCUT2D eigenvalue weighted by atomic mass is 10.3. The van der Waals surface area contributed by atoms with Gasteiger partial charge in [-0.1, -0.05) is 0 Å². The van der Waals surface area contributed by atoms with Crippen molar-refractivity contribution in [3.8, 4) is 0 Å². The summed E-state index contributed by atoms with van der Waals surface area (Å²) in [7, 11) is 0.215. The average molecular weight is 399 g/mol. The van der Waals surface area contributed by atoms with Crippen LogP contribution in [0.25, 0.3) is 0 Å². The Morgan fingerprint density at radius 2 is 2.06 bits per heavy atom. The normalized spacial score (nSPS) is 11.8. The highest BCUT2D eigenvalue weighted by Crippen LogP contribution is 2.35. The van der Waals surface area contributed by atoms with Gasteiger partial charge < -0.3 is 0 Å². The van der Waals surface area contributed by atoms with Crippen molar-refractivity contribution in [2.24, 2.45) is 0 Å². The summed E-state index contributed by atoms with van der Waals surface area (Å²) in [6.07, 6.45) is -3.29. The minimum Gasteiger partial charge on any atom is -0.258 e. The van der Waals surface area contributed by atoms with E-state index in [0.717, 1.165) is 6.07 Å². The number of alkyl halides is 2. The molecule has 0 aromatic carbocycles. The van der Waals surface area contributed by atoms with E-state index in [1.165, 1.54) is 22.6 Å². The first-order valence-corrected chi connectivity index (χ1v) is 7.11. The fourth-order valence-electron chi connectivity index (χ4n) is 1.04. The quantitative estimate of drug-likeness (QED) is 0.256. The number of rotatable bonds is 3. The Kier molecular flexibility index (Phi) is 4.19. The van der Waals surface area contributed by atoms with Crippen LogP contribution in [0.2, 0.25) is 0 Å². The zero-order chi connectivity index (χ0) is 13.4. The largest absolute Gasteiger partial charge is 0.294 e. The van der Waals surface area contributed by atoms with Crippen LogP contribution in [0.15, 0.2) is 11.0 Å². The third-order valence-electron chi connectivity index (χ3n) is 1.60. The van der Waals surface area contributed by atoms with Gasteiger partial charge in [-0.25, -0.2) is 22.2 Å². The molecule has 94 valence electrons. The van der Waals surface area contributed by atoms with Crippen LogP contribution >= 0.6 is 33.3 Å². The molecule has 0 N–H and O–H groups in total. The molecule has 1 aromatic heterocycles. The number of hydrogen-bond acceptors (Lipinski definition) is 5. The van der Waals surface area contributed by atoms with E-state index in [2.05, 4.69) is 4.98 Å². The third-order valence-corrected chi connectivity index (χ3v) is 3.52. The molecular formula is C6H2ClF2IN2O4S. The molecule has 0 radical (unpaired) electrons. The second-order valence-corrected chi connectivity index (χ2v) is 6.28. The number of nitrogens with zero attached hydrogens (tertiary/aromatic N) is 2. The van der Waals surface area contributed by atoms with Crippen LogP contribution in [0.5, 0.6) is 0 Å². The van der Waals surface area contributed by atoms with Crippen molar-refractivity contribution in [3.63, 3.8) is 0 Å². The van der Waals surface area contributed by atoms with Crippen LogP contribution in [0.3, 0.4) is 0 Å². The van der Waals surface area contributed by atoms with Gasteiger partial charge in [0, 0.05) is 16.7 Å². The first-order chi connectivity index (χ1) is 7.64. The van der Waals surface area contributed by atoms with Gasteiger partial charge in [0.2, 0.25) is 0 Å². The Morgan fingerprint density at radius 3 is 2.41 bits per heavy atom. The van der Waals surface area contributed by atoms with Gasteiger partial charge in [-0.05, 0) is 22.6 Å². The Balaban J connectivity index is 3.79. The molecule has 0 fully saturated rings. The molecule has 0 amide bonds. The van der Waals surface area contributed by atoms with E-state index in [9.17, 15) is 27.3 Å². The monoisotopic (exact) mass is 398 g/mol. The summed E-state index contributed by atoms with van der Waals surface area (Å²) < 4.78 is 47.2. The molecule has 0 aliphatic carbocycles. The van der Waals surface area contributed by atoms with Gasteiger partial charge in [0.1, 0.15) is 9.39 Å². The van der Waals surface area contributed by atoms with Crippen molar-refractivity contribution < 1.29 is 22.1 Å². The van der Waals surface area contributed by atoms with E-state index >= 15 is 0 Å². The molecule has 17 heavy (non-hydrogen) atoms. The smallest absolute Gasteiger partial charge is 0.258 e. The minimum atomic E-state index is -4.69. The lowest BCUT2D eigenvalue weighted by Gasteiger charge is -2.06. The van der Waals surface area contributed by atoms with Crippen LogP contribution in [0.1, 0.15) is 12.1 Å². The summed E-state index contributed by atoms with van der Waals surface area (Å²) in [5.41, 5.74) is -2.24. The van der Waals surface area contributed by atoms with Gasteiger partial charge in [0.05, 0.1) is 4.92 Å². The lowest BCUT2D eigenvalue weighted by molar-refractivity contribution is -0.388. The number of nitro groups is 1. The first kappa shape index (κ1) is 14.4. The summed E-state index contributed by atoms with van der Waals surface area (Å²) in [5, 5.41) is 10.6. The van der Waals surface area contributed by atoms with Gasteiger partial charge in [0.15, 0.2) is 4.90 Å². The molecule has 1 heterocycles. The molecule has 0 spiro atoms. The van der Waals surface area contributed by atoms with Crippen molar-refractivity contribution >= 4 is 48.0 Å². The molecule has 1 aromatic rings.